The van der Waals surface area contributed by atoms with E-state index in [1.54, 1.807) is 0 Å². The lowest BCUT2D eigenvalue weighted by Crippen LogP contribution is -2.01. The van der Waals surface area contributed by atoms with E-state index in [0.29, 0.717) is 6.54 Å². The van der Waals surface area contributed by atoms with Crippen LogP contribution >= 0.6 is 0 Å². The number of aromatic nitrogens is 2. The average Bonchev–Trinajstić information content (AvgIpc) is 2.45. The number of para-hydroxylation sites is 1. The summed E-state index contributed by atoms with van der Waals surface area (Å²) in [6.45, 7) is 4.33. The Hall–Kier alpha value is -1.64. The minimum Gasteiger partial charge on any atom is -0.321 e. The molecule has 0 fully saturated rings. The minimum atomic E-state index is 0.382. The van der Waals surface area contributed by atoms with Gasteiger partial charge in [0.25, 0.3) is 0 Å². The summed E-state index contributed by atoms with van der Waals surface area (Å²) >= 11 is 0. The summed E-state index contributed by atoms with van der Waals surface area (Å²) in [6.07, 6.45) is 0.903. The number of aldehydes is 1. The SMILES string of the molecule is Cc1cccc2nc(C)n(CC=O)c12. The normalized spacial score (nSPS) is 10.7. The van der Waals surface area contributed by atoms with Crippen LogP contribution in [-0.2, 0) is 11.3 Å². The maximum atomic E-state index is 10.5. The Bertz CT molecular complexity index is 485. The molecule has 0 aliphatic rings. The molecule has 0 radical (unpaired) electrons. The summed E-state index contributed by atoms with van der Waals surface area (Å²) in [5.41, 5.74) is 3.19. The van der Waals surface area contributed by atoms with Crippen LogP contribution in [0.25, 0.3) is 11.0 Å². The lowest BCUT2D eigenvalue weighted by atomic mass is 10.2. The molecular weight excluding hydrogens is 176 g/mol. The Labute approximate surface area is 82.4 Å². The molecule has 2 rings (SSSR count). The molecule has 14 heavy (non-hydrogen) atoms. The van der Waals surface area contributed by atoms with Gasteiger partial charge in [0.1, 0.15) is 12.1 Å². The van der Waals surface area contributed by atoms with Gasteiger partial charge in [0.2, 0.25) is 0 Å². The van der Waals surface area contributed by atoms with E-state index >= 15 is 0 Å². The molecule has 1 aromatic heterocycles. The van der Waals surface area contributed by atoms with Crippen LogP contribution in [-0.4, -0.2) is 15.8 Å². The third-order valence-electron chi connectivity index (χ3n) is 2.42. The zero-order valence-corrected chi connectivity index (χ0v) is 8.32. The molecule has 0 aliphatic carbocycles. The van der Waals surface area contributed by atoms with E-state index in [9.17, 15) is 4.79 Å². The lowest BCUT2D eigenvalue weighted by Gasteiger charge is -2.03. The highest BCUT2D eigenvalue weighted by Crippen LogP contribution is 2.18. The average molecular weight is 188 g/mol. The molecule has 72 valence electrons. The summed E-state index contributed by atoms with van der Waals surface area (Å²) < 4.78 is 1.94. The van der Waals surface area contributed by atoms with Crippen molar-refractivity contribution in [1.29, 1.82) is 0 Å². The van der Waals surface area contributed by atoms with Crippen LogP contribution in [0.3, 0.4) is 0 Å². The van der Waals surface area contributed by atoms with Crippen LogP contribution < -0.4 is 0 Å². The van der Waals surface area contributed by atoms with E-state index in [4.69, 9.17) is 0 Å². The third-order valence-corrected chi connectivity index (χ3v) is 2.42. The van der Waals surface area contributed by atoms with Crippen LogP contribution in [0.5, 0.6) is 0 Å². The number of rotatable bonds is 2. The van der Waals surface area contributed by atoms with Gasteiger partial charge in [-0.25, -0.2) is 4.98 Å². The van der Waals surface area contributed by atoms with E-state index in [1.165, 1.54) is 0 Å². The van der Waals surface area contributed by atoms with Crippen LogP contribution in [0.1, 0.15) is 11.4 Å². The first-order chi connectivity index (χ1) is 6.74. The van der Waals surface area contributed by atoms with E-state index in [2.05, 4.69) is 4.98 Å². The van der Waals surface area contributed by atoms with Crippen molar-refractivity contribution in [3.05, 3.63) is 29.6 Å². The van der Waals surface area contributed by atoms with E-state index in [0.717, 1.165) is 28.7 Å². The maximum absolute atomic E-state index is 10.5. The number of carbonyl (C=O) groups is 1. The van der Waals surface area contributed by atoms with Gasteiger partial charge in [-0.1, -0.05) is 12.1 Å². The largest absolute Gasteiger partial charge is 0.321 e. The van der Waals surface area contributed by atoms with Gasteiger partial charge < -0.3 is 9.36 Å². The van der Waals surface area contributed by atoms with Crippen LogP contribution in [0.4, 0.5) is 0 Å². The summed E-state index contributed by atoms with van der Waals surface area (Å²) in [4.78, 5) is 14.9. The molecular formula is C11H12N2O. The van der Waals surface area contributed by atoms with Gasteiger partial charge in [-0.2, -0.15) is 0 Å². The second-order valence-corrected chi connectivity index (χ2v) is 3.38. The first-order valence-corrected chi connectivity index (χ1v) is 4.60. The highest BCUT2D eigenvalue weighted by atomic mass is 16.1. The van der Waals surface area contributed by atoms with Crippen molar-refractivity contribution in [3.63, 3.8) is 0 Å². The number of aryl methyl sites for hydroxylation is 2. The molecule has 0 bridgehead atoms. The highest BCUT2D eigenvalue weighted by molar-refractivity contribution is 5.80. The molecule has 0 N–H and O–H groups in total. The molecule has 0 saturated carbocycles. The monoisotopic (exact) mass is 188 g/mol. The Balaban J connectivity index is 2.79. The predicted molar refractivity (Wildman–Crippen MR) is 55.3 cm³/mol. The summed E-state index contributed by atoms with van der Waals surface area (Å²) in [5, 5.41) is 0. The second-order valence-electron chi connectivity index (χ2n) is 3.38. The van der Waals surface area contributed by atoms with Crippen molar-refractivity contribution in [3.8, 4) is 0 Å². The summed E-state index contributed by atoms with van der Waals surface area (Å²) in [7, 11) is 0. The molecule has 0 spiro atoms. The van der Waals surface area contributed by atoms with Crippen molar-refractivity contribution in [1.82, 2.24) is 9.55 Å². The van der Waals surface area contributed by atoms with Crippen molar-refractivity contribution >= 4 is 17.3 Å². The third kappa shape index (κ3) is 1.21. The fourth-order valence-corrected chi connectivity index (χ4v) is 1.78. The number of benzene rings is 1. The molecule has 0 unspecified atom stereocenters. The van der Waals surface area contributed by atoms with Gasteiger partial charge in [0.05, 0.1) is 17.6 Å². The molecule has 1 heterocycles. The quantitative estimate of drug-likeness (QED) is 0.674. The zero-order valence-electron chi connectivity index (χ0n) is 8.32. The Morgan fingerprint density at radius 1 is 1.43 bits per heavy atom. The Morgan fingerprint density at radius 3 is 2.93 bits per heavy atom. The fraction of sp³-hybridized carbons (Fsp3) is 0.273. The van der Waals surface area contributed by atoms with E-state index < -0.39 is 0 Å². The molecule has 0 atom stereocenters. The second kappa shape index (κ2) is 3.25. The number of fused-ring (bicyclic) bond motifs is 1. The Kier molecular flexibility index (Phi) is 2.08. The van der Waals surface area contributed by atoms with Gasteiger partial charge in [0, 0.05) is 0 Å². The Morgan fingerprint density at radius 2 is 2.21 bits per heavy atom. The van der Waals surface area contributed by atoms with Gasteiger partial charge in [-0.15, -0.1) is 0 Å². The number of carbonyl (C=O) groups excluding carboxylic acids is 1. The van der Waals surface area contributed by atoms with Crippen molar-refractivity contribution in [2.45, 2.75) is 20.4 Å². The lowest BCUT2D eigenvalue weighted by molar-refractivity contribution is -0.108. The van der Waals surface area contributed by atoms with Crippen LogP contribution in [0.2, 0.25) is 0 Å². The number of hydrogen-bond acceptors (Lipinski definition) is 2. The van der Waals surface area contributed by atoms with Crippen LogP contribution in [0.15, 0.2) is 18.2 Å². The molecule has 2 aromatic rings. The molecule has 3 heteroatoms. The highest BCUT2D eigenvalue weighted by Gasteiger charge is 2.07. The number of nitrogens with zero attached hydrogens (tertiary/aromatic N) is 2. The van der Waals surface area contributed by atoms with E-state index in [1.807, 2.05) is 36.6 Å². The van der Waals surface area contributed by atoms with E-state index in [-0.39, 0.29) is 0 Å². The van der Waals surface area contributed by atoms with Crippen LogP contribution in [0, 0.1) is 13.8 Å². The molecule has 3 nitrogen and oxygen atoms in total. The molecule has 1 aromatic carbocycles. The minimum absolute atomic E-state index is 0.382. The molecule has 0 saturated heterocycles. The number of imidazole rings is 1. The number of hydrogen-bond donors (Lipinski definition) is 0. The molecule has 0 aliphatic heterocycles. The smallest absolute Gasteiger partial charge is 0.139 e. The fourth-order valence-electron chi connectivity index (χ4n) is 1.78. The topological polar surface area (TPSA) is 34.9 Å². The first-order valence-electron chi connectivity index (χ1n) is 4.60. The van der Waals surface area contributed by atoms with Gasteiger partial charge in [0.15, 0.2) is 0 Å². The standard InChI is InChI=1S/C11H12N2O/c1-8-4-3-5-10-11(8)13(6-7-14)9(2)12-10/h3-5,7H,6H2,1-2H3. The van der Waals surface area contributed by atoms with Crippen molar-refractivity contribution in [2.75, 3.05) is 0 Å². The predicted octanol–water partition coefficient (Wildman–Crippen LogP) is 1.85. The van der Waals surface area contributed by atoms with Crippen molar-refractivity contribution in [2.24, 2.45) is 0 Å². The van der Waals surface area contributed by atoms with Crippen molar-refractivity contribution < 1.29 is 4.79 Å². The van der Waals surface area contributed by atoms with Gasteiger partial charge >= 0.3 is 0 Å². The zero-order chi connectivity index (χ0) is 10.1. The summed E-state index contributed by atoms with van der Waals surface area (Å²) in [6, 6.07) is 5.98. The van der Waals surface area contributed by atoms with Gasteiger partial charge in [-0.3, -0.25) is 0 Å². The molecule has 0 amide bonds. The first kappa shape index (κ1) is 8.94. The summed E-state index contributed by atoms with van der Waals surface area (Å²) in [5.74, 6) is 0.890. The maximum Gasteiger partial charge on any atom is 0.139 e. The van der Waals surface area contributed by atoms with Gasteiger partial charge in [-0.05, 0) is 25.5 Å².